The molecule has 0 atom stereocenters. The predicted molar refractivity (Wildman–Crippen MR) is 65.2 cm³/mol. The van der Waals surface area contributed by atoms with E-state index in [-0.39, 0.29) is 18.1 Å². The van der Waals surface area contributed by atoms with Gasteiger partial charge >= 0.3 is 0 Å². The minimum Gasteiger partial charge on any atom is -0.324 e. The van der Waals surface area contributed by atoms with E-state index in [1.54, 1.807) is 30.3 Å². The first kappa shape index (κ1) is 11.5. The van der Waals surface area contributed by atoms with Crippen LogP contribution >= 0.6 is 0 Å². The second-order valence-corrected chi connectivity index (χ2v) is 3.71. The third-order valence-corrected chi connectivity index (χ3v) is 2.55. The Morgan fingerprint density at radius 1 is 1.06 bits per heavy atom. The summed E-state index contributed by atoms with van der Waals surface area (Å²) in [6, 6.07) is 13.3. The Hall–Kier alpha value is -2.00. The van der Waals surface area contributed by atoms with Crippen molar-refractivity contribution in [2.45, 2.75) is 0 Å². The fourth-order valence-corrected chi connectivity index (χ4v) is 1.63. The summed E-state index contributed by atoms with van der Waals surface area (Å²) in [6.07, 6.45) is 0. The van der Waals surface area contributed by atoms with Crippen molar-refractivity contribution < 1.29 is 9.18 Å². The second kappa shape index (κ2) is 4.89. The summed E-state index contributed by atoms with van der Waals surface area (Å²) in [6.45, 7) is -0.00707. The minimum absolute atomic E-state index is 0.00707. The number of carbonyl (C=O) groups excluding carboxylic acids is 1. The predicted octanol–water partition coefficient (Wildman–Crippen LogP) is 2.63. The largest absolute Gasteiger partial charge is 0.324 e. The van der Waals surface area contributed by atoms with E-state index < -0.39 is 0 Å². The van der Waals surface area contributed by atoms with Gasteiger partial charge in [0.05, 0.1) is 6.54 Å². The number of ketones is 1. The van der Waals surface area contributed by atoms with Crippen molar-refractivity contribution in [1.82, 2.24) is 0 Å². The van der Waals surface area contributed by atoms with Gasteiger partial charge in [-0.25, -0.2) is 4.39 Å². The van der Waals surface area contributed by atoms with Crippen molar-refractivity contribution in [2.75, 3.05) is 6.54 Å². The van der Waals surface area contributed by atoms with E-state index >= 15 is 0 Å². The highest BCUT2D eigenvalue weighted by Crippen LogP contribution is 2.20. The summed E-state index contributed by atoms with van der Waals surface area (Å²) < 4.78 is 12.8. The summed E-state index contributed by atoms with van der Waals surface area (Å²) in [5, 5.41) is 0. The van der Waals surface area contributed by atoms with Crippen LogP contribution in [0.2, 0.25) is 0 Å². The quantitative estimate of drug-likeness (QED) is 0.822. The van der Waals surface area contributed by atoms with Gasteiger partial charge in [-0.2, -0.15) is 0 Å². The molecule has 2 nitrogen and oxygen atoms in total. The molecule has 2 aromatic carbocycles. The smallest absolute Gasteiger partial charge is 0.176 e. The zero-order chi connectivity index (χ0) is 12.3. The van der Waals surface area contributed by atoms with Gasteiger partial charge in [0.2, 0.25) is 0 Å². The Morgan fingerprint density at radius 3 is 2.41 bits per heavy atom. The molecule has 0 aromatic heterocycles. The molecule has 2 rings (SSSR count). The van der Waals surface area contributed by atoms with Gasteiger partial charge in [0.1, 0.15) is 5.82 Å². The molecule has 0 saturated carbocycles. The first-order chi connectivity index (χ1) is 8.20. The van der Waals surface area contributed by atoms with Crippen molar-refractivity contribution in [1.29, 1.82) is 0 Å². The van der Waals surface area contributed by atoms with Crippen LogP contribution in [0, 0.1) is 5.82 Å². The number of nitrogens with two attached hydrogens (primary N) is 1. The fourth-order valence-electron chi connectivity index (χ4n) is 1.63. The molecule has 0 aliphatic heterocycles. The summed E-state index contributed by atoms with van der Waals surface area (Å²) >= 11 is 0. The highest BCUT2D eigenvalue weighted by molar-refractivity contribution is 5.98. The molecular weight excluding hydrogens is 217 g/mol. The fraction of sp³-hybridized carbons (Fsp3) is 0.0714. The van der Waals surface area contributed by atoms with Crippen LogP contribution < -0.4 is 5.73 Å². The van der Waals surface area contributed by atoms with Gasteiger partial charge in [0.25, 0.3) is 0 Å². The number of halogens is 1. The molecule has 0 fully saturated rings. The van der Waals surface area contributed by atoms with Crippen molar-refractivity contribution in [3.05, 3.63) is 59.9 Å². The molecule has 2 N–H and O–H groups in total. The molecule has 2 aromatic rings. The standard InChI is InChI=1S/C14H12FNO/c15-13-6-4-10(5-7-13)11-2-1-3-12(8-11)14(17)9-16/h1-8H,9,16H2. The van der Waals surface area contributed by atoms with E-state index in [2.05, 4.69) is 0 Å². The molecule has 0 spiro atoms. The van der Waals surface area contributed by atoms with Crippen molar-refractivity contribution in [3.63, 3.8) is 0 Å². The lowest BCUT2D eigenvalue weighted by molar-refractivity contribution is 0.100. The Labute approximate surface area is 98.9 Å². The Kier molecular flexibility index (Phi) is 3.30. The molecular formula is C14H12FNO. The molecule has 86 valence electrons. The van der Waals surface area contributed by atoms with Crippen LogP contribution in [0.25, 0.3) is 11.1 Å². The molecule has 0 heterocycles. The van der Waals surface area contributed by atoms with Crippen LogP contribution in [-0.2, 0) is 0 Å². The molecule has 0 radical (unpaired) electrons. The van der Waals surface area contributed by atoms with E-state index in [0.717, 1.165) is 11.1 Å². The highest BCUT2D eigenvalue weighted by atomic mass is 19.1. The van der Waals surface area contributed by atoms with Gasteiger partial charge in [-0.05, 0) is 29.3 Å². The molecule has 0 aliphatic rings. The Morgan fingerprint density at radius 2 is 1.76 bits per heavy atom. The van der Waals surface area contributed by atoms with Gasteiger partial charge in [0.15, 0.2) is 5.78 Å². The lowest BCUT2D eigenvalue weighted by Gasteiger charge is -2.04. The normalized spacial score (nSPS) is 10.2. The second-order valence-electron chi connectivity index (χ2n) is 3.71. The minimum atomic E-state index is -0.275. The van der Waals surface area contributed by atoms with Crippen LogP contribution in [0.4, 0.5) is 4.39 Å². The first-order valence-corrected chi connectivity index (χ1v) is 5.30. The molecule has 0 amide bonds. The van der Waals surface area contributed by atoms with Crippen molar-refractivity contribution in [2.24, 2.45) is 5.73 Å². The lowest BCUT2D eigenvalue weighted by atomic mass is 10.0. The number of hydrogen-bond donors (Lipinski definition) is 1. The summed E-state index contributed by atoms with van der Waals surface area (Å²) in [4.78, 5) is 11.5. The Bertz CT molecular complexity index is 534. The van der Waals surface area contributed by atoms with E-state index in [1.807, 2.05) is 6.07 Å². The zero-order valence-corrected chi connectivity index (χ0v) is 9.19. The first-order valence-electron chi connectivity index (χ1n) is 5.30. The lowest BCUT2D eigenvalue weighted by Crippen LogP contribution is -2.13. The van der Waals surface area contributed by atoms with Crippen LogP contribution in [0.15, 0.2) is 48.5 Å². The highest BCUT2D eigenvalue weighted by Gasteiger charge is 2.05. The van der Waals surface area contributed by atoms with Crippen LogP contribution in [0.5, 0.6) is 0 Å². The van der Waals surface area contributed by atoms with Crippen LogP contribution in [-0.4, -0.2) is 12.3 Å². The topological polar surface area (TPSA) is 43.1 Å². The van der Waals surface area contributed by atoms with Crippen molar-refractivity contribution in [3.8, 4) is 11.1 Å². The van der Waals surface area contributed by atoms with Gasteiger partial charge < -0.3 is 5.73 Å². The van der Waals surface area contributed by atoms with Crippen LogP contribution in [0.1, 0.15) is 10.4 Å². The average Bonchev–Trinajstić information content (AvgIpc) is 2.39. The summed E-state index contributed by atoms with van der Waals surface area (Å²) in [5.41, 5.74) is 7.64. The van der Waals surface area contributed by atoms with Gasteiger partial charge in [-0.15, -0.1) is 0 Å². The van der Waals surface area contributed by atoms with Crippen molar-refractivity contribution >= 4 is 5.78 Å². The summed E-state index contributed by atoms with van der Waals surface area (Å²) in [5.74, 6) is -0.378. The zero-order valence-electron chi connectivity index (χ0n) is 9.19. The van der Waals surface area contributed by atoms with E-state index in [9.17, 15) is 9.18 Å². The van der Waals surface area contributed by atoms with Crippen LogP contribution in [0.3, 0.4) is 0 Å². The molecule has 17 heavy (non-hydrogen) atoms. The number of hydrogen-bond acceptors (Lipinski definition) is 2. The van der Waals surface area contributed by atoms with E-state index in [0.29, 0.717) is 5.56 Å². The molecule has 0 aliphatic carbocycles. The SMILES string of the molecule is NCC(=O)c1cccc(-c2ccc(F)cc2)c1. The molecule has 0 bridgehead atoms. The number of rotatable bonds is 3. The van der Waals surface area contributed by atoms with E-state index in [4.69, 9.17) is 5.73 Å². The third kappa shape index (κ3) is 2.57. The maximum atomic E-state index is 12.8. The van der Waals surface area contributed by atoms with Gasteiger partial charge in [0, 0.05) is 5.56 Å². The molecule has 0 saturated heterocycles. The maximum Gasteiger partial charge on any atom is 0.176 e. The monoisotopic (exact) mass is 229 g/mol. The van der Waals surface area contributed by atoms with E-state index in [1.165, 1.54) is 12.1 Å². The number of benzene rings is 2. The van der Waals surface area contributed by atoms with Gasteiger partial charge in [-0.3, -0.25) is 4.79 Å². The number of carbonyl (C=O) groups is 1. The third-order valence-electron chi connectivity index (χ3n) is 2.55. The summed E-state index contributed by atoms with van der Waals surface area (Å²) in [7, 11) is 0. The Balaban J connectivity index is 2.39. The maximum absolute atomic E-state index is 12.8. The van der Waals surface area contributed by atoms with Gasteiger partial charge in [-0.1, -0.05) is 30.3 Å². The number of Topliss-reactive ketones (excluding diaryl/α,β-unsaturated/α-hetero) is 1. The molecule has 3 heteroatoms. The molecule has 0 unspecified atom stereocenters. The average molecular weight is 229 g/mol.